The van der Waals surface area contributed by atoms with Gasteiger partial charge in [-0.3, -0.25) is 37.1 Å². The first-order valence-corrected chi connectivity index (χ1v) is 15.6. The van der Waals surface area contributed by atoms with Crippen molar-refractivity contribution in [2.24, 2.45) is 0 Å². The number of benzene rings is 2. The van der Waals surface area contributed by atoms with Crippen LogP contribution in [0, 0.1) is 0 Å². The van der Waals surface area contributed by atoms with E-state index in [0.717, 1.165) is 36.8 Å². The van der Waals surface area contributed by atoms with Gasteiger partial charge < -0.3 is 37.5 Å². The Morgan fingerprint density at radius 1 is 0.638 bits per heavy atom. The number of hydrogen-bond acceptors (Lipinski definition) is 12. The Hall–Kier alpha value is -2.82. The van der Waals surface area contributed by atoms with E-state index in [2.05, 4.69) is 9.97 Å². The molecule has 0 aliphatic heterocycles. The number of nitrogens with one attached hydrogen (secondary N) is 2. The molecule has 6 rings (SSSR count). The number of nitrogens with two attached hydrogens (primary N) is 4. The fourth-order valence-electron chi connectivity index (χ4n) is 5.38. The van der Waals surface area contributed by atoms with Crippen molar-refractivity contribution in [1.29, 1.82) is 0 Å². The van der Waals surface area contributed by atoms with E-state index in [0.29, 0.717) is 0 Å². The third kappa shape index (κ3) is 9.21. The summed E-state index contributed by atoms with van der Waals surface area (Å²) in [5.74, 6) is 0.0749. The summed E-state index contributed by atoms with van der Waals surface area (Å²) >= 11 is 0. The van der Waals surface area contributed by atoms with E-state index >= 15 is 0 Å². The fourth-order valence-corrected chi connectivity index (χ4v) is 5.38. The summed E-state index contributed by atoms with van der Waals surface area (Å²) in [6, 6.07) is 15.5. The first-order chi connectivity index (χ1) is 20.8. The van der Waals surface area contributed by atoms with Crippen LogP contribution in [0.25, 0.3) is 0 Å². The van der Waals surface area contributed by atoms with Gasteiger partial charge in [0.05, 0.1) is 12.1 Å². The van der Waals surface area contributed by atoms with Gasteiger partial charge in [0.1, 0.15) is 23.0 Å². The van der Waals surface area contributed by atoms with E-state index in [1.807, 2.05) is 48.5 Å². The number of aromatic nitrogens is 4. The van der Waals surface area contributed by atoms with Gasteiger partial charge in [0.25, 0.3) is 11.1 Å². The standard InChI is InChI=1S/2C13H14N4O2.2Na.H2O4S2.H2O/c2*14-10-11(15)17(13(19)16-12(10)18)9-6-5-7-3-1-2-4-8(7)9;;;1-5(2)6(3)4;/h2*1-4,9H,5-6,14-15H2,(H,16,18,19);;;(H,1,2)(H,3,4);1H2/q;;2*+1;;/p-2. The van der Waals surface area contributed by atoms with Crippen molar-refractivity contribution in [3.8, 4) is 0 Å². The van der Waals surface area contributed by atoms with Crippen molar-refractivity contribution in [3.63, 3.8) is 0 Å². The molecule has 17 nitrogen and oxygen atoms in total. The molecule has 0 fully saturated rings. The minimum Gasteiger partial charge on any atom is -0.763 e. The maximum absolute atomic E-state index is 12.0. The Balaban J connectivity index is 0.000000381. The first kappa shape index (κ1) is 42.2. The van der Waals surface area contributed by atoms with Gasteiger partial charge in [-0.25, -0.2) is 9.59 Å². The SMILES string of the molecule is Nc1c(N)n(C2CCc3ccccc32)c(=O)[nH]c1=O.Nc1c(N)n(C2CCc3ccccc32)c(=O)[nH]c1=O.O.O=S([O-])S(=O)[O-].[Na+].[Na+]. The minimum absolute atomic E-state index is 0. The molecule has 2 aromatic heterocycles. The van der Waals surface area contributed by atoms with Crippen LogP contribution >= 0.6 is 0 Å². The molecule has 2 aromatic carbocycles. The Morgan fingerprint density at radius 2 is 0.957 bits per heavy atom. The third-order valence-electron chi connectivity index (χ3n) is 7.38. The zero-order chi connectivity index (χ0) is 32.3. The largest absolute Gasteiger partial charge is 1.00 e. The summed E-state index contributed by atoms with van der Waals surface area (Å²) in [4.78, 5) is 51.2. The van der Waals surface area contributed by atoms with Crippen LogP contribution in [0.1, 0.15) is 47.2 Å². The molecule has 47 heavy (non-hydrogen) atoms. The minimum atomic E-state index is -2.95. The first-order valence-electron chi connectivity index (χ1n) is 13.0. The van der Waals surface area contributed by atoms with Gasteiger partial charge in [-0.15, -0.1) is 0 Å². The number of fused-ring (bicyclic) bond motifs is 2. The van der Waals surface area contributed by atoms with Gasteiger partial charge in [-0.2, -0.15) is 0 Å². The third-order valence-corrected chi connectivity index (χ3v) is 8.26. The van der Waals surface area contributed by atoms with Crippen LogP contribution in [-0.2, 0) is 33.1 Å². The molecular weight excluding hydrogens is 678 g/mol. The predicted molar refractivity (Wildman–Crippen MR) is 168 cm³/mol. The van der Waals surface area contributed by atoms with Gasteiger partial charge in [-0.05, 0) is 47.9 Å². The van der Waals surface area contributed by atoms with Gasteiger partial charge in [-0.1, -0.05) is 48.5 Å². The number of nitrogens with zero attached hydrogens (tertiary/aromatic N) is 2. The molecule has 242 valence electrons. The maximum atomic E-state index is 12.0. The van der Waals surface area contributed by atoms with Crippen LogP contribution in [-0.4, -0.2) is 42.1 Å². The summed E-state index contributed by atoms with van der Waals surface area (Å²) in [6.07, 6.45) is 3.31. The van der Waals surface area contributed by atoms with E-state index < -0.39 is 42.7 Å². The molecule has 0 bridgehead atoms. The van der Waals surface area contributed by atoms with Crippen molar-refractivity contribution in [3.05, 3.63) is 112 Å². The summed E-state index contributed by atoms with van der Waals surface area (Å²) in [5, 5.41) is 0. The average Bonchev–Trinajstić information content (AvgIpc) is 3.61. The molecule has 4 unspecified atom stereocenters. The molecule has 2 heterocycles. The molecule has 21 heteroatoms. The van der Waals surface area contributed by atoms with Crippen LogP contribution in [0.3, 0.4) is 0 Å². The number of rotatable bonds is 3. The second-order valence-electron chi connectivity index (χ2n) is 9.77. The van der Waals surface area contributed by atoms with E-state index in [4.69, 9.17) is 40.5 Å². The zero-order valence-corrected chi connectivity index (χ0v) is 31.0. The Labute approximate surface area is 315 Å². The Bertz CT molecular complexity index is 1870. The number of H-pyrrole nitrogens is 2. The summed E-state index contributed by atoms with van der Waals surface area (Å²) in [5.41, 5.74) is 24.9. The van der Waals surface area contributed by atoms with Crippen molar-refractivity contribution < 1.29 is 82.1 Å². The van der Waals surface area contributed by atoms with Crippen LogP contribution < -0.4 is 105 Å². The second-order valence-corrected chi connectivity index (χ2v) is 12.2. The number of anilines is 4. The number of aryl methyl sites for hydroxylation is 2. The molecule has 2 aliphatic rings. The molecule has 0 saturated carbocycles. The van der Waals surface area contributed by atoms with Gasteiger partial charge in [0, 0.05) is 20.2 Å². The van der Waals surface area contributed by atoms with Crippen molar-refractivity contribution >= 4 is 43.2 Å². The summed E-state index contributed by atoms with van der Waals surface area (Å²) < 4.78 is 39.1. The topological polar surface area (TPSA) is 326 Å². The molecule has 0 amide bonds. The van der Waals surface area contributed by atoms with E-state index in [1.165, 1.54) is 20.3 Å². The Morgan fingerprint density at radius 3 is 1.28 bits per heavy atom. The van der Waals surface area contributed by atoms with E-state index in [-0.39, 0.29) is 99.7 Å². The number of nitrogen functional groups attached to an aromatic ring is 4. The second kappa shape index (κ2) is 18.1. The molecular formula is C26H30N8Na2O9S2. The van der Waals surface area contributed by atoms with Crippen LogP contribution in [0.5, 0.6) is 0 Å². The Kier molecular flexibility index (Phi) is 16.2. The van der Waals surface area contributed by atoms with Gasteiger partial charge in [0.15, 0.2) is 0 Å². The maximum Gasteiger partial charge on any atom is 1.00 e. The van der Waals surface area contributed by atoms with Crippen molar-refractivity contribution in [2.45, 2.75) is 37.8 Å². The van der Waals surface area contributed by atoms with Crippen molar-refractivity contribution in [1.82, 2.24) is 19.1 Å². The smallest absolute Gasteiger partial charge is 0.763 e. The quantitative estimate of drug-likeness (QED) is 0.0657. The van der Waals surface area contributed by atoms with E-state index in [1.54, 1.807) is 0 Å². The molecule has 12 N–H and O–H groups in total. The van der Waals surface area contributed by atoms with E-state index in [9.17, 15) is 19.2 Å². The molecule has 0 saturated heterocycles. The normalized spacial score (nSPS) is 16.6. The zero-order valence-electron chi connectivity index (χ0n) is 25.4. The predicted octanol–water partition coefficient (Wildman–Crippen LogP) is -7.68. The van der Waals surface area contributed by atoms with Crippen LogP contribution in [0.4, 0.5) is 23.0 Å². The monoisotopic (exact) mass is 708 g/mol. The van der Waals surface area contributed by atoms with Crippen molar-refractivity contribution in [2.75, 3.05) is 22.9 Å². The number of hydrogen-bond donors (Lipinski definition) is 6. The molecule has 0 radical (unpaired) electrons. The summed E-state index contributed by atoms with van der Waals surface area (Å²) in [6.45, 7) is 0. The molecule has 4 atom stereocenters. The fraction of sp³-hybridized carbons (Fsp3) is 0.231. The molecule has 4 aromatic rings. The average molecular weight is 709 g/mol. The van der Waals surface area contributed by atoms with Crippen LogP contribution in [0.2, 0.25) is 0 Å². The van der Waals surface area contributed by atoms with Gasteiger partial charge >= 0.3 is 70.5 Å². The number of aromatic amines is 2. The molecule has 2 aliphatic carbocycles. The summed E-state index contributed by atoms with van der Waals surface area (Å²) in [7, 11) is -5.90. The molecule has 0 spiro atoms. The van der Waals surface area contributed by atoms with Gasteiger partial charge in [0.2, 0.25) is 0 Å². The van der Waals surface area contributed by atoms with Crippen LogP contribution in [0.15, 0.2) is 67.7 Å².